The van der Waals surface area contributed by atoms with Crippen molar-refractivity contribution in [3.63, 3.8) is 0 Å². The molecule has 1 aromatic heterocycles. The molecule has 1 unspecified atom stereocenters. The number of hydrogen-bond acceptors (Lipinski definition) is 1. The minimum atomic E-state index is -0.544. The van der Waals surface area contributed by atoms with Crippen LogP contribution in [0.15, 0.2) is 41.0 Å². The highest BCUT2D eigenvalue weighted by molar-refractivity contribution is 9.09. The fourth-order valence-electron chi connectivity index (χ4n) is 1.78. The van der Waals surface area contributed by atoms with Crippen molar-refractivity contribution in [2.75, 3.05) is 0 Å². The van der Waals surface area contributed by atoms with E-state index in [-0.39, 0.29) is 4.83 Å². The molecule has 0 N–H and O–H groups in total. The number of aryl methyl sites for hydroxylation is 1. The minimum Gasteiger partial charge on any atom is -0.469 e. The van der Waals surface area contributed by atoms with Crippen molar-refractivity contribution >= 4 is 15.9 Å². The van der Waals surface area contributed by atoms with E-state index >= 15 is 0 Å². The molecule has 96 valence electrons. The van der Waals surface area contributed by atoms with Crippen molar-refractivity contribution in [1.82, 2.24) is 0 Å². The number of alkyl halides is 1. The first-order valence-electron chi connectivity index (χ1n) is 5.75. The Hall–Kier alpha value is -1.16. The summed E-state index contributed by atoms with van der Waals surface area (Å²) < 4.78 is 31.4. The molecule has 0 spiro atoms. The predicted octanol–water partition coefficient (Wildman–Crippen LogP) is 4.50. The third kappa shape index (κ3) is 3.67. The summed E-state index contributed by atoms with van der Waals surface area (Å²) in [5.74, 6) is -0.116. The standard InChI is InChI=1S/C14H13BrF2O/c15-11(4-6-13-2-1-7-18-13)8-10-3-5-12(16)9-14(10)17/h1-3,5,7,9,11H,4,6,8H2. The van der Waals surface area contributed by atoms with Crippen LogP contribution in [0.4, 0.5) is 8.78 Å². The lowest BCUT2D eigenvalue weighted by molar-refractivity contribution is 0.499. The summed E-state index contributed by atoms with van der Waals surface area (Å²) in [6.45, 7) is 0. The molecule has 2 rings (SSSR count). The Labute approximate surface area is 113 Å². The van der Waals surface area contributed by atoms with E-state index in [2.05, 4.69) is 15.9 Å². The van der Waals surface area contributed by atoms with Crippen LogP contribution in [0.5, 0.6) is 0 Å². The van der Waals surface area contributed by atoms with Crippen LogP contribution >= 0.6 is 15.9 Å². The zero-order valence-electron chi connectivity index (χ0n) is 9.70. The van der Waals surface area contributed by atoms with Gasteiger partial charge in [0.25, 0.3) is 0 Å². The Morgan fingerprint density at radius 2 is 2.06 bits per heavy atom. The third-order valence-corrected chi connectivity index (χ3v) is 3.52. The highest BCUT2D eigenvalue weighted by atomic mass is 79.9. The Morgan fingerprint density at radius 3 is 2.72 bits per heavy atom. The zero-order valence-corrected chi connectivity index (χ0v) is 11.3. The summed E-state index contributed by atoms with van der Waals surface area (Å²) >= 11 is 3.51. The molecule has 1 nitrogen and oxygen atoms in total. The van der Waals surface area contributed by atoms with Gasteiger partial charge in [0.05, 0.1) is 6.26 Å². The Kier molecular flexibility index (Phi) is 4.53. The topological polar surface area (TPSA) is 13.1 Å². The Balaban J connectivity index is 1.88. The summed E-state index contributed by atoms with van der Waals surface area (Å²) in [4.78, 5) is 0.141. The fourth-order valence-corrected chi connectivity index (χ4v) is 2.36. The molecule has 0 radical (unpaired) electrons. The molecular formula is C14H13BrF2O. The molecule has 0 saturated heterocycles. The Morgan fingerprint density at radius 1 is 1.22 bits per heavy atom. The van der Waals surface area contributed by atoms with Crippen LogP contribution in [0.25, 0.3) is 0 Å². The van der Waals surface area contributed by atoms with Gasteiger partial charge >= 0.3 is 0 Å². The van der Waals surface area contributed by atoms with Gasteiger partial charge in [-0.2, -0.15) is 0 Å². The second-order valence-electron chi connectivity index (χ2n) is 4.16. The number of hydrogen-bond donors (Lipinski definition) is 0. The molecule has 0 bridgehead atoms. The van der Waals surface area contributed by atoms with Crippen LogP contribution < -0.4 is 0 Å². The summed E-state index contributed by atoms with van der Waals surface area (Å²) in [6, 6.07) is 7.45. The number of halogens is 3. The van der Waals surface area contributed by atoms with E-state index in [0.29, 0.717) is 12.0 Å². The highest BCUT2D eigenvalue weighted by Gasteiger charge is 2.11. The first-order valence-corrected chi connectivity index (χ1v) is 6.67. The molecule has 2 aromatic rings. The average Bonchev–Trinajstić information content (AvgIpc) is 2.83. The molecule has 0 aliphatic heterocycles. The van der Waals surface area contributed by atoms with E-state index in [1.165, 1.54) is 12.1 Å². The first kappa shape index (κ1) is 13.3. The minimum absolute atomic E-state index is 0.141. The van der Waals surface area contributed by atoms with Crippen LogP contribution in [0.1, 0.15) is 17.7 Å². The first-order chi connectivity index (χ1) is 8.65. The van der Waals surface area contributed by atoms with Gasteiger partial charge in [-0.05, 0) is 36.6 Å². The van der Waals surface area contributed by atoms with Gasteiger partial charge in [-0.3, -0.25) is 0 Å². The molecule has 0 aliphatic carbocycles. The molecule has 0 fully saturated rings. The lowest BCUT2D eigenvalue weighted by atomic mass is 10.1. The summed E-state index contributed by atoms with van der Waals surface area (Å²) in [5, 5.41) is 0. The zero-order chi connectivity index (χ0) is 13.0. The molecule has 1 aromatic carbocycles. The maximum Gasteiger partial charge on any atom is 0.129 e. The summed E-state index contributed by atoms with van der Waals surface area (Å²) in [7, 11) is 0. The second-order valence-corrected chi connectivity index (χ2v) is 5.45. The van der Waals surface area contributed by atoms with Crippen molar-refractivity contribution < 1.29 is 13.2 Å². The van der Waals surface area contributed by atoms with Gasteiger partial charge in [0.2, 0.25) is 0 Å². The van der Waals surface area contributed by atoms with E-state index in [1.54, 1.807) is 6.26 Å². The SMILES string of the molecule is Fc1ccc(CC(Br)CCc2ccco2)c(F)c1. The average molecular weight is 315 g/mol. The molecule has 1 heterocycles. The maximum absolute atomic E-state index is 13.4. The van der Waals surface area contributed by atoms with Gasteiger partial charge in [-0.1, -0.05) is 22.0 Å². The lowest BCUT2D eigenvalue weighted by Gasteiger charge is -2.09. The number of rotatable bonds is 5. The fraction of sp³-hybridized carbons (Fsp3) is 0.286. The molecule has 4 heteroatoms. The van der Waals surface area contributed by atoms with Crippen molar-refractivity contribution in [1.29, 1.82) is 0 Å². The smallest absolute Gasteiger partial charge is 0.129 e. The van der Waals surface area contributed by atoms with Gasteiger partial charge in [0.1, 0.15) is 17.4 Å². The van der Waals surface area contributed by atoms with Gasteiger partial charge in [0, 0.05) is 17.3 Å². The maximum atomic E-state index is 13.4. The monoisotopic (exact) mass is 314 g/mol. The van der Waals surface area contributed by atoms with Crippen molar-refractivity contribution in [3.05, 3.63) is 59.6 Å². The molecular weight excluding hydrogens is 302 g/mol. The molecule has 0 aliphatic rings. The van der Waals surface area contributed by atoms with Crippen LogP contribution in [0.2, 0.25) is 0 Å². The van der Waals surface area contributed by atoms with Gasteiger partial charge in [-0.25, -0.2) is 8.78 Å². The van der Waals surface area contributed by atoms with Crippen LogP contribution in [-0.4, -0.2) is 4.83 Å². The Bertz CT molecular complexity index is 497. The number of benzene rings is 1. The molecule has 1 atom stereocenters. The van der Waals surface area contributed by atoms with Crippen LogP contribution in [0.3, 0.4) is 0 Å². The normalized spacial score (nSPS) is 12.6. The van der Waals surface area contributed by atoms with Crippen LogP contribution in [-0.2, 0) is 12.8 Å². The van der Waals surface area contributed by atoms with Crippen LogP contribution in [0, 0.1) is 11.6 Å². The van der Waals surface area contributed by atoms with E-state index < -0.39 is 11.6 Å². The summed E-state index contributed by atoms with van der Waals surface area (Å²) in [6.07, 6.45) is 3.81. The van der Waals surface area contributed by atoms with Gasteiger partial charge in [0.15, 0.2) is 0 Å². The second kappa shape index (κ2) is 6.14. The van der Waals surface area contributed by atoms with E-state index in [4.69, 9.17) is 4.42 Å². The molecule has 18 heavy (non-hydrogen) atoms. The third-order valence-electron chi connectivity index (χ3n) is 2.74. The van der Waals surface area contributed by atoms with Gasteiger partial charge < -0.3 is 4.42 Å². The van der Waals surface area contributed by atoms with Crippen molar-refractivity contribution in [2.24, 2.45) is 0 Å². The van der Waals surface area contributed by atoms with E-state index in [0.717, 1.165) is 24.7 Å². The van der Waals surface area contributed by atoms with E-state index in [1.807, 2.05) is 12.1 Å². The van der Waals surface area contributed by atoms with E-state index in [9.17, 15) is 8.78 Å². The molecule has 0 saturated carbocycles. The summed E-state index contributed by atoms with van der Waals surface area (Å²) in [5.41, 5.74) is 0.526. The van der Waals surface area contributed by atoms with Crippen molar-refractivity contribution in [3.8, 4) is 0 Å². The predicted molar refractivity (Wildman–Crippen MR) is 69.8 cm³/mol. The quantitative estimate of drug-likeness (QED) is 0.741. The largest absolute Gasteiger partial charge is 0.469 e. The van der Waals surface area contributed by atoms with Gasteiger partial charge in [-0.15, -0.1) is 0 Å². The number of furan rings is 1. The highest BCUT2D eigenvalue weighted by Crippen LogP contribution is 2.19. The van der Waals surface area contributed by atoms with Crippen molar-refractivity contribution in [2.45, 2.75) is 24.1 Å². The lowest BCUT2D eigenvalue weighted by Crippen LogP contribution is -2.06. The molecule has 0 amide bonds.